The van der Waals surface area contributed by atoms with Gasteiger partial charge in [0.1, 0.15) is 11.6 Å². The molecule has 0 spiro atoms. The Bertz CT molecular complexity index is 990. The summed E-state index contributed by atoms with van der Waals surface area (Å²) in [5.41, 5.74) is 0.761. The maximum Gasteiger partial charge on any atom is 0.321 e. The standard InChI is InChI=1S/C20H24N6O5S/c1-30-15-4-2-3-14(11-15)26-16(9-13-10-17(27)22-19(29)21-13)23-24-20(26)32-12-18(28)25-5-7-31-8-6-25/h2-4,11,13H,5-10,12H2,1H3,(H2,21,22,27,29). The Morgan fingerprint density at radius 2 is 2.09 bits per heavy atom. The largest absolute Gasteiger partial charge is 0.497 e. The molecule has 0 radical (unpaired) electrons. The van der Waals surface area contributed by atoms with Gasteiger partial charge in [0, 0.05) is 38.0 Å². The van der Waals surface area contributed by atoms with Crippen LogP contribution in [0.5, 0.6) is 5.75 Å². The van der Waals surface area contributed by atoms with Crippen LogP contribution in [-0.4, -0.2) is 82.7 Å². The van der Waals surface area contributed by atoms with Crippen LogP contribution in [0.2, 0.25) is 0 Å². The summed E-state index contributed by atoms with van der Waals surface area (Å²) in [6.07, 6.45) is 0.454. The number of benzene rings is 1. The Morgan fingerprint density at radius 3 is 2.84 bits per heavy atom. The maximum atomic E-state index is 12.6. The minimum absolute atomic E-state index is 0.0104. The smallest absolute Gasteiger partial charge is 0.321 e. The minimum Gasteiger partial charge on any atom is -0.497 e. The fourth-order valence-electron chi connectivity index (χ4n) is 3.58. The number of urea groups is 1. The third-order valence-corrected chi connectivity index (χ3v) is 6.06. The number of methoxy groups -OCH3 is 1. The fourth-order valence-corrected chi connectivity index (χ4v) is 4.46. The molecule has 1 aromatic heterocycles. The summed E-state index contributed by atoms with van der Waals surface area (Å²) in [5.74, 6) is 1.12. The zero-order valence-electron chi connectivity index (χ0n) is 17.6. The van der Waals surface area contributed by atoms with Crippen LogP contribution in [0.4, 0.5) is 4.79 Å². The first-order valence-corrected chi connectivity index (χ1v) is 11.2. The van der Waals surface area contributed by atoms with E-state index in [1.807, 2.05) is 28.8 Å². The van der Waals surface area contributed by atoms with Gasteiger partial charge in [-0.05, 0) is 12.1 Å². The molecular weight excluding hydrogens is 436 g/mol. The van der Waals surface area contributed by atoms with Gasteiger partial charge in [0.25, 0.3) is 0 Å². The Hall–Kier alpha value is -3.12. The molecule has 0 aliphatic carbocycles. The van der Waals surface area contributed by atoms with Crippen molar-refractivity contribution in [1.82, 2.24) is 30.3 Å². The second-order valence-corrected chi connectivity index (χ2v) is 8.29. The van der Waals surface area contributed by atoms with E-state index in [9.17, 15) is 14.4 Å². The number of amides is 4. The van der Waals surface area contributed by atoms with Gasteiger partial charge >= 0.3 is 6.03 Å². The first kappa shape index (κ1) is 22.1. The number of hydrogen-bond donors (Lipinski definition) is 2. The van der Waals surface area contributed by atoms with E-state index in [0.29, 0.717) is 49.5 Å². The molecule has 0 bridgehead atoms. The summed E-state index contributed by atoms with van der Waals surface area (Å²) in [6.45, 7) is 2.25. The molecule has 2 aromatic rings. The molecule has 4 rings (SSSR count). The van der Waals surface area contributed by atoms with E-state index in [2.05, 4.69) is 20.8 Å². The van der Waals surface area contributed by atoms with E-state index in [4.69, 9.17) is 9.47 Å². The lowest BCUT2D eigenvalue weighted by atomic mass is 10.1. The molecule has 12 heteroatoms. The lowest BCUT2D eigenvalue weighted by molar-refractivity contribution is -0.132. The summed E-state index contributed by atoms with van der Waals surface area (Å²) in [7, 11) is 1.58. The van der Waals surface area contributed by atoms with Crippen LogP contribution < -0.4 is 15.4 Å². The van der Waals surface area contributed by atoms with Crippen molar-refractivity contribution >= 4 is 29.6 Å². The molecule has 1 unspecified atom stereocenters. The minimum atomic E-state index is -0.524. The highest BCUT2D eigenvalue weighted by Gasteiger charge is 2.27. The second kappa shape index (κ2) is 10.0. The fraction of sp³-hybridized carbons (Fsp3) is 0.450. The van der Waals surface area contributed by atoms with Crippen molar-refractivity contribution in [2.24, 2.45) is 0 Å². The number of nitrogens with zero attached hydrogens (tertiary/aromatic N) is 4. The third-order valence-electron chi connectivity index (χ3n) is 5.15. The van der Waals surface area contributed by atoms with E-state index in [0.717, 1.165) is 5.69 Å². The lowest BCUT2D eigenvalue weighted by Gasteiger charge is -2.26. The Labute approximate surface area is 188 Å². The SMILES string of the molecule is COc1cccc(-n2c(CC3CC(=O)NC(=O)N3)nnc2SCC(=O)N2CCOCC2)c1. The maximum absolute atomic E-state index is 12.6. The van der Waals surface area contributed by atoms with Gasteiger partial charge in [-0.25, -0.2) is 4.79 Å². The first-order chi connectivity index (χ1) is 15.5. The van der Waals surface area contributed by atoms with E-state index in [1.165, 1.54) is 11.8 Å². The van der Waals surface area contributed by atoms with Crippen molar-refractivity contribution in [2.45, 2.75) is 24.0 Å². The zero-order valence-corrected chi connectivity index (χ0v) is 18.4. The molecule has 2 fully saturated rings. The zero-order chi connectivity index (χ0) is 22.5. The van der Waals surface area contributed by atoms with Crippen LogP contribution in [-0.2, 0) is 20.7 Å². The molecule has 3 heterocycles. The van der Waals surface area contributed by atoms with Crippen molar-refractivity contribution < 1.29 is 23.9 Å². The molecule has 1 aromatic carbocycles. The van der Waals surface area contributed by atoms with Gasteiger partial charge in [-0.3, -0.25) is 19.5 Å². The van der Waals surface area contributed by atoms with Crippen molar-refractivity contribution in [3.05, 3.63) is 30.1 Å². The predicted octanol–water partition coefficient (Wildman–Crippen LogP) is 0.367. The number of nitrogens with one attached hydrogen (secondary N) is 2. The normalized spacial score (nSPS) is 18.8. The number of morpholine rings is 1. The van der Waals surface area contributed by atoms with E-state index in [-0.39, 0.29) is 24.0 Å². The van der Waals surface area contributed by atoms with Crippen molar-refractivity contribution in [2.75, 3.05) is 39.2 Å². The highest BCUT2D eigenvalue weighted by atomic mass is 32.2. The van der Waals surface area contributed by atoms with Crippen molar-refractivity contribution in [1.29, 1.82) is 0 Å². The van der Waals surface area contributed by atoms with Crippen LogP contribution in [0.25, 0.3) is 5.69 Å². The number of aromatic nitrogens is 3. The molecule has 2 N–H and O–H groups in total. The van der Waals surface area contributed by atoms with Crippen LogP contribution in [0.15, 0.2) is 29.4 Å². The topological polar surface area (TPSA) is 128 Å². The average Bonchev–Trinajstić information content (AvgIpc) is 3.19. The molecule has 4 amide bonds. The summed E-state index contributed by atoms with van der Waals surface area (Å²) < 4.78 is 12.5. The molecule has 32 heavy (non-hydrogen) atoms. The van der Waals surface area contributed by atoms with Gasteiger partial charge in [-0.15, -0.1) is 10.2 Å². The third kappa shape index (κ3) is 5.19. The van der Waals surface area contributed by atoms with E-state index >= 15 is 0 Å². The van der Waals surface area contributed by atoms with Crippen LogP contribution in [0.3, 0.4) is 0 Å². The number of rotatable bonds is 7. The van der Waals surface area contributed by atoms with Crippen LogP contribution in [0.1, 0.15) is 12.2 Å². The van der Waals surface area contributed by atoms with Gasteiger partial charge in [0.15, 0.2) is 5.16 Å². The number of imide groups is 1. The molecule has 11 nitrogen and oxygen atoms in total. The predicted molar refractivity (Wildman–Crippen MR) is 115 cm³/mol. The highest BCUT2D eigenvalue weighted by Crippen LogP contribution is 2.26. The van der Waals surface area contributed by atoms with E-state index < -0.39 is 12.1 Å². The Kier molecular flexibility index (Phi) is 6.90. The number of hydrogen-bond acceptors (Lipinski definition) is 8. The van der Waals surface area contributed by atoms with Gasteiger partial charge in [-0.2, -0.15) is 0 Å². The Morgan fingerprint density at radius 1 is 1.28 bits per heavy atom. The molecule has 0 saturated carbocycles. The van der Waals surface area contributed by atoms with Crippen LogP contribution >= 0.6 is 11.8 Å². The number of thioether (sulfide) groups is 1. The van der Waals surface area contributed by atoms with Gasteiger partial charge in [-0.1, -0.05) is 17.8 Å². The second-order valence-electron chi connectivity index (χ2n) is 7.34. The molecule has 2 aliphatic heterocycles. The summed E-state index contributed by atoms with van der Waals surface area (Å²) in [6, 6.07) is 6.47. The molecule has 2 aliphatic rings. The summed E-state index contributed by atoms with van der Waals surface area (Å²) in [4.78, 5) is 37.8. The van der Waals surface area contributed by atoms with Gasteiger partial charge < -0.3 is 19.7 Å². The summed E-state index contributed by atoms with van der Waals surface area (Å²) >= 11 is 1.29. The molecule has 2 saturated heterocycles. The highest BCUT2D eigenvalue weighted by molar-refractivity contribution is 7.99. The number of carbonyl (C=O) groups is 3. The van der Waals surface area contributed by atoms with Gasteiger partial charge in [0.05, 0.1) is 31.8 Å². The molecule has 170 valence electrons. The monoisotopic (exact) mass is 460 g/mol. The molecular formula is C20H24N6O5S. The van der Waals surface area contributed by atoms with Crippen LogP contribution in [0, 0.1) is 0 Å². The molecule has 1 atom stereocenters. The van der Waals surface area contributed by atoms with Crippen molar-refractivity contribution in [3.63, 3.8) is 0 Å². The average molecular weight is 461 g/mol. The number of carbonyl (C=O) groups excluding carboxylic acids is 3. The van der Waals surface area contributed by atoms with E-state index in [1.54, 1.807) is 12.0 Å². The Balaban J connectivity index is 1.57. The van der Waals surface area contributed by atoms with Gasteiger partial charge in [0.2, 0.25) is 11.8 Å². The quantitative estimate of drug-likeness (QED) is 0.567. The summed E-state index contributed by atoms with van der Waals surface area (Å²) in [5, 5.41) is 14.1. The number of ether oxygens (including phenoxy) is 2. The first-order valence-electron chi connectivity index (χ1n) is 10.2. The lowest BCUT2D eigenvalue weighted by Crippen LogP contribution is -2.53. The van der Waals surface area contributed by atoms with Crippen molar-refractivity contribution in [3.8, 4) is 11.4 Å².